The summed E-state index contributed by atoms with van der Waals surface area (Å²) in [6, 6.07) is 5.16. The van der Waals surface area contributed by atoms with Crippen molar-refractivity contribution >= 4 is 33.5 Å². The van der Waals surface area contributed by atoms with Crippen molar-refractivity contribution < 1.29 is 14.3 Å². The molecule has 1 aromatic rings. The van der Waals surface area contributed by atoms with Crippen LogP contribution in [0, 0.1) is 0 Å². The minimum atomic E-state index is -0.577. The van der Waals surface area contributed by atoms with Crippen LogP contribution in [0.2, 0.25) is 0 Å². The summed E-state index contributed by atoms with van der Waals surface area (Å²) in [7, 11) is 0. The zero-order chi connectivity index (χ0) is 15.4. The lowest BCUT2D eigenvalue weighted by Gasteiger charge is -2.33. The monoisotopic (exact) mass is 354 g/mol. The minimum absolute atomic E-state index is 0.149. The Morgan fingerprint density at radius 3 is 2.90 bits per heavy atom. The number of rotatable bonds is 3. The number of anilines is 1. The molecule has 1 saturated heterocycles. The van der Waals surface area contributed by atoms with Gasteiger partial charge < -0.3 is 15.4 Å². The van der Waals surface area contributed by atoms with Gasteiger partial charge in [-0.1, -0.05) is 15.9 Å². The van der Waals surface area contributed by atoms with Crippen LogP contribution < -0.4 is 5.73 Å². The van der Waals surface area contributed by atoms with Gasteiger partial charge in [0.25, 0.3) is 5.91 Å². The average Bonchev–Trinajstić information content (AvgIpc) is 2.47. The molecule has 1 amide bonds. The molecule has 0 bridgehead atoms. The zero-order valence-electron chi connectivity index (χ0n) is 12.0. The van der Waals surface area contributed by atoms with Gasteiger partial charge >= 0.3 is 5.97 Å². The lowest BCUT2D eigenvalue weighted by Crippen LogP contribution is -2.44. The highest BCUT2D eigenvalue weighted by Crippen LogP contribution is 2.20. The van der Waals surface area contributed by atoms with E-state index in [0.29, 0.717) is 5.69 Å². The maximum absolute atomic E-state index is 12.1. The molecule has 1 heterocycles. The second-order valence-electron chi connectivity index (χ2n) is 5.24. The van der Waals surface area contributed by atoms with Crippen molar-refractivity contribution in [2.24, 2.45) is 0 Å². The molecule has 1 aliphatic heterocycles. The number of benzene rings is 1. The summed E-state index contributed by atoms with van der Waals surface area (Å²) in [6.07, 6.45) is 3.14. The van der Waals surface area contributed by atoms with E-state index < -0.39 is 5.97 Å². The number of likely N-dealkylation sites (tertiary alicyclic amines) is 1. The lowest BCUT2D eigenvalue weighted by atomic mass is 10.0. The number of piperidine rings is 1. The van der Waals surface area contributed by atoms with Gasteiger partial charge in [0, 0.05) is 22.7 Å². The van der Waals surface area contributed by atoms with Gasteiger partial charge in [-0.25, -0.2) is 4.79 Å². The number of hydrogen-bond acceptors (Lipinski definition) is 4. The van der Waals surface area contributed by atoms with Gasteiger partial charge in [-0.2, -0.15) is 0 Å². The molecular weight excluding hydrogens is 336 g/mol. The number of nitrogen functional groups attached to an aromatic ring is 1. The first-order chi connectivity index (χ1) is 9.99. The third-order valence-corrected chi connectivity index (χ3v) is 4.18. The Hall–Kier alpha value is -1.56. The highest BCUT2D eigenvalue weighted by Gasteiger charge is 2.24. The number of esters is 1. The van der Waals surface area contributed by atoms with Crippen LogP contribution >= 0.6 is 15.9 Å². The molecule has 1 unspecified atom stereocenters. The van der Waals surface area contributed by atoms with Crippen LogP contribution in [-0.2, 0) is 9.53 Å². The fourth-order valence-corrected chi connectivity index (χ4v) is 2.82. The maximum atomic E-state index is 12.1. The molecule has 1 aromatic carbocycles. The quantitative estimate of drug-likeness (QED) is 0.668. The number of amides is 1. The fraction of sp³-hybridized carbons (Fsp3) is 0.467. The standard InChI is InChI=1S/C15H19BrN2O3/c1-10-4-2-3-7-18(10)14(19)9-21-15(20)12-8-11(16)5-6-13(12)17/h5-6,8,10H,2-4,7,9,17H2,1H3. The highest BCUT2D eigenvalue weighted by molar-refractivity contribution is 9.10. The van der Waals surface area contributed by atoms with E-state index >= 15 is 0 Å². The first kappa shape index (κ1) is 15.8. The van der Waals surface area contributed by atoms with Gasteiger partial charge in [0.15, 0.2) is 6.61 Å². The Balaban J connectivity index is 1.94. The molecule has 6 heteroatoms. The van der Waals surface area contributed by atoms with Crippen LogP contribution in [0.25, 0.3) is 0 Å². The molecule has 1 fully saturated rings. The Bertz CT molecular complexity index is 548. The predicted octanol–water partition coefficient (Wildman–Crippen LogP) is 2.59. The number of nitrogens with two attached hydrogens (primary N) is 1. The Labute approximate surface area is 132 Å². The van der Waals surface area contributed by atoms with Gasteiger partial charge in [0.2, 0.25) is 0 Å². The normalized spacial score (nSPS) is 18.4. The van der Waals surface area contributed by atoms with Gasteiger partial charge in [-0.3, -0.25) is 4.79 Å². The second kappa shape index (κ2) is 6.93. The topological polar surface area (TPSA) is 72.6 Å². The molecular formula is C15H19BrN2O3. The van der Waals surface area contributed by atoms with Crippen molar-refractivity contribution in [2.45, 2.75) is 32.2 Å². The van der Waals surface area contributed by atoms with Crippen LogP contribution in [0.4, 0.5) is 5.69 Å². The van der Waals surface area contributed by atoms with Gasteiger partial charge in [0.05, 0.1) is 5.56 Å². The summed E-state index contributed by atoms with van der Waals surface area (Å²) in [5.41, 5.74) is 6.35. The van der Waals surface area contributed by atoms with Crippen molar-refractivity contribution in [1.82, 2.24) is 4.90 Å². The number of halogens is 1. The molecule has 0 aliphatic carbocycles. The number of nitrogens with zero attached hydrogens (tertiary/aromatic N) is 1. The molecule has 0 spiro atoms. The number of ether oxygens (including phenoxy) is 1. The molecule has 21 heavy (non-hydrogen) atoms. The smallest absolute Gasteiger partial charge is 0.340 e. The summed E-state index contributed by atoms with van der Waals surface area (Å²) < 4.78 is 5.83. The van der Waals surface area contributed by atoms with Crippen molar-refractivity contribution in [1.29, 1.82) is 0 Å². The third kappa shape index (κ3) is 3.97. The van der Waals surface area contributed by atoms with Crippen molar-refractivity contribution in [2.75, 3.05) is 18.9 Å². The van der Waals surface area contributed by atoms with E-state index in [9.17, 15) is 9.59 Å². The van der Waals surface area contributed by atoms with Crippen molar-refractivity contribution in [3.63, 3.8) is 0 Å². The van der Waals surface area contributed by atoms with Crippen molar-refractivity contribution in [3.05, 3.63) is 28.2 Å². The van der Waals surface area contributed by atoms with Crippen LogP contribution in [0.1, 0.15) is 36.5 Å². The number of hydrogen-bond donors (Lipinski definition) is 1. The van der Waals surface area contributed by atoms with E-state index in [1.165, 1.54) is 0 Å². The Morgan fingerprint density at radius 2 is 2.19 bits per heavy atom. The fourth-order valence-electron chi connectivity index (χ4n) is 2.46. The van der Waals surface area contributed by atoms with Crippen LogP contribution in [-0.4, -0.2) is 36.0 Å². The second-order valence-corrected chi connectivity index (χ2v) is 6.16. The maximum Gasteiger partial charge on any atom is 0.340 e. The molecule has 2 rings (SSSR count). The molecule has 114 valence electrons. The Morgan fingerprint density at radius 1 is 1.43 bits per heavy atom. The minimum Gasteiger partial charge on any atom is -0.452 e. The van der Waals surface area contributed by atoms with E-state index in [1.807, 2.05) is 6.92 Å². The summed E-state index contributed by atoms with van der Waals surface area (Å²) in [5.74, 6) is -0.726. The first-order valence-corrected chi connectivity index (χ1v) is 7.80. The molecule has 1 aliphatic rings. The van der Waals surface area contributed by atoms with Crippen LogP contribution in [0.5, 0.6) is 0 Å². The van der Waals surface area contributed by atoms with E-state index in [0.717, 1.165) is 30.3 Å². The summed E-state index contributed by atoms with van der Waals surface area (Å²) >= 11 is 3.28. The molecule has 0 radical (unpaired) electrons. The van der Waals surface area contributed by atoms with E-state index in [2.05, 4.69) is 15.9 Å². The van der Waals surface area contributed by atoms with Crippen LogP contribution in [0.15, 0.2) is 22.7 Å². The van der Waals surface area contributed by atoms with Gasteiger partial charge in [-0.15, -0.1) is 0 Å². The largest absolute Gasteiger partial charge is 0.452 e. The number of carbonyl (C=O) groups is 2. The molecule has 0 aromatic heterocycles. The van der Waals surface area contributed by atoms with E-state index in [4.69, 9.17) is 10.5 Å². The first-order valence-electron chi connectivity index (χ1n) is 7.00. The molecule has 2 N–H and O–H groups in total. The van der Waals surface area contributed by atoms with E-state index in [-0.39, 0.29) is 24.1 Å². The number of carbonyl (C=O) groups excluding carboxylic acids is 2. The Kier molecular flexibility index (Phi) is 5.22. The van der Waals surface area contributed by atoms with E-state index in [1.54, 1.807) is 23.1 Å². The highest BCUT2D eigenvalue weighted by atomic mass is 79.9. The van der Waals surface area contributed by atoms with Crippen molar-refractivity contribution in [3.8, 4) is 0 Å². The molecule has 1 atom stereocenters. The predicted molar refractivity (Wildman–Crippen MR) is 83.9 cm³/mol. The lowest BCUT2D eigenvalue weighted by molar-refractivity contribution is -0.137. The summed E-state index contributed by atoms with van der Waals surface area (Å²) in [6.45, 7) is 2.51. The summed E-state index contributed by atoms with van der Waals surface area (Å²) in [5, 5.41) is 0. The SMILES string of the molecule is CC1CCCCN1C(=O)COC(=O)c1cc(Br)ccc1N. The van der Waals surface area contributed by atoms with Gasteiger partial charge in [0.1, 0.15) is 0 Å². The zero-order valence-corrected chi connectivity index (χ0v) is 13.6. The van der Waals surface area contributed by atoms with Crippen LogP contribution in [0.3, 0.4) is 0 Å². The van der Waals surface area contributed by atoms with Gasteiger partial charge in [-0.05, 0) is 44.4 Å². The summed E-state index contributed by atoms with van der Waals surface area (Å²) in [4.78, 5) is 25.9. The molecule has 5 nitrogen and oxygen atoms in total. The average molecular weight is 355 g/mol. The third-order valence-electron chi connectivity index (χ3n) is 3.69. The molecule has 0 saturated carbocycles.